The molecule has 0 spiro atoms. The Morgan fingerprint density at radius 1 is 1.32 bits per heavy atom. The number of carbonyl (C=O) groups excluding carboxylic acids is 1. The lowest BCUT2D eigenvalue weighted by atomic mass is 10.2. The van der Waals surface area contributed by atoms with Gasteiger partial charge in [0.15, 0.2) is 11.5 Å². The second-order valence-electron chi connectivity index (χ2n) is 5.35. The summed E-state index contributed by atoms with van der Waals surface area (Å²) in [6.07, 6.45) is 4.08. The van der Waals surface area contributed by atoms with Crippen LogP contribution in [0.25, 0.3) is 6.08 Å². The fraction of sp³-hybridized carbons (Fsp3) is 0.118. The fourth-order valence-corrected chi connectivity index (χ4v) is 3.75. The van der Waals surface area contributed by atoms with Gasteiger partial charge in [0.25, 0.3) is 5.91 Å². The third kappa shape index (κ3) is 3.10. The predicted octanol–water partition coefficient (Wildman–Crippen LogP) is 3.35. The molecule has 0 atom stereocenters. The molecule has 2 aromatic rings. The lowest BCUT2D eigenvalue weighted by Crippen LogP contribution is -2.27. The Labute approximate surface area is 152 Å². The summed E-state index contributed by atoms with van der Waals surface area (Å²) >= 11 is 6.46. The first-order chi connectivity index (χ1) is 12.1. The van der Waals surface area contributed by atoms with Crippen molar-refractivity contribution in [3.05, 3.63) is 58.5 Å². The van der Waals surface area contributed by atoms with Gasteiger partial charge in [0, 0.05) is 11.8 Å². The Morgan fingerprint density at radius 2 is 2.16 bits per heavy atom. The van der Waals surface area contributed by atoms with Gasteiger partial charge in [0.1, 0.15) is 10.1 Å². The molecule has 0 bridgehead atoms. The van der Waals surface area contributed by atoms with Crippen molar-refractivity contribution in [2.45, 2.75) is 6.54 Å². The summed E-state index contributed by atoms with van der Waals surface area (Å²) in [5.74, 6) is 0.604. The SMILES string of the molecule is O=C1/C(=C/c2ccncc2F)SC(=S)N1Cc1ccc2c(c1)OCO2. The van der Waals surface area contributed by atoms with Gasteiger partial charge in [-0.05, 0) is 29.8 Å². The molecule has 8 heteroatoms. The molecule has 0 aliphatic carbocycles. The Hall–Kier alpha value is -2.45. The highest BCUT2D eigenvalue weighted by Crippen LogP contribution is 2.36. The molecular formula is C17H11FN2O3S2. The Morgan fingerprint density at radius 3 is 3.00 bits per heavy atom. The minimum absolute atomic E-state index is 0.195. The molecule has 0 saturated carbocycles. The topological polar surface area (TPSA) is 51.7 Å². The van der Waals surface area contributed by atoms with Gasteiger partial charge >= 0.3 is 0 Å². The number of hydrogen-bond acceptors (Lipinski definition) is 6. The van der Waals surface area contributed by atoms with Crippen LogP contribution >= 0.6 is 24.0 Å². The molecule has 25 heavy (non-hydrogen) atoms. The maximum absolute atomic E-state index is 13.7. The Bertz CT molecular complexity index is 917. The third-order valence-corrected chi connectivity index (χ3v) is 5.12. The molecule has 0 radical (unpaired) electrons. The Kier molecular flexibility index (Phi) is 4.14. The predicted molar refractivity (Wildman–Crippen MR) is 95.5 cm³/mol. The van der Waals surface area contributed by atoms with Gasteiger partial charge in [-0.2, -0.15) is 0 Å². The van der Waals surface area contributed by atoms with Gasteiger partial charge in [-0.15, -0.1) is 0 Å². The zero-order chi connectivity index (χ0) is 17.4. The summed E-state index contributed by atoms with van der Waals surface area (Å²) < 4.78 is 24.8. The first-order valence-electron chi connectivity index (χ1n) is 7.35. The first-order valence-corrected chi connectivity index (χ1v) is 8.58. The van der Waals surface area contributed by atoms with Crippen LogP contribution in [-0.4, -0.2) is 26.9 Å². The van der Waals surface area contributed by atoms with E-state index in [2.05, 4.69) is 4.98 Å². The van der Waals surface area contributed by atoms with E-state index in [-0.39, 0.29) is 12.7 Å². The molecular weight excluding hydrogens is 363 g/mol. The fourth-order valence-electron chi connectivity index (χ4n) is 2.50. The van der Waals surface area contributed by atoms with Crippen LogP contribution in [0.4, 0.5) is 4.39 Å². The summed E-state index contributed by atoms with van der Waals surface area (Å²) in [6, 6.07) is 7.00. The summed E-state index contributed by atoms with van der Waals surface area (Å²) in [5.41, 5.74) is 1.18. The van der Waals surface area contributed by atoms with Crippen LogP contribution in [0.15, 0.2) is 41.6 Å². The van der Waals surface area contributed by atoms with E-state index in [1.165, 1.54) is 23.2 Å². The molecule has 1 aromatic carbocycles. The van der Waals surface area contributed by atoms with Crippen LogP contribution in [0.3, 0.4) is 0 Å². The number of halogens is 1. The van der Waals surface area contributed by atoms with E-state index in [0.29, 0.717) is 32.8 Å². The number of nitrogens with zero attached hydrogens (tertiary/aromatic N) is 2. The maximum atomic E-state index is 13.7. The highest BCUT2D eigenvalue weighted by Gasteiger charge is 2.32. The highest BCUT2D eigenvalue weighted by atomic mass is 32.2. The second-order valence-corrected chi connectivity index (χ2v) is 7.03. The van der Waals surface area contributed by atoms with Crippen LogP contribution in [0.5, 0.6) is 11.5 Å². The Balaban J connectivity index is 1.56. The number of amides is 1. The van der Waals surface area contributed by atoms with Crippen LogP contribution in [-0.2, 0) is 11.3 Å². The van der Waals surface area contributed by atoms with E-state index in [4.69, 9.17) is 21.7 Å². The summed E-state index contributed by atoms with van der Waals surface area (Å²) in [6.45, 7) is 0.511. The molecule has 5 nitrogen and oxygen atoms in total. The zero-order valence-electron chi connectivity index (χ0n) is 12.8. The summed E-state index contributed by atoms with van der Waals surface area (Å²) in [5, 5.41) is 0. The summed E-state index contributed by atoms with van der Waals surface area (Å²) in [7, 11) is 0. The van der Waals surface area contributed by atoms with E-state index in [9.17, 15) is 9.18 Å². The van der Waals surface area contributed by atoms with E-state index >= 15 is 0 Å². The number of ether oxygens (including phenoxy) is 2. The molecule has 0 N–H and O–H groups in total. The number of thioether (sulfide) groups is 1. The van der Waals surface area contributed by atoms with Crippen molar-refractivity contribution >= 4 is 40.3 Å². The van der Waals surface area contributed by atoms with E-state index in [1.807, 2.05) is 12.1 Å². The second kappa shape index (κ2) is 6.45. The number of carbonyl (C=O) groups is 1. The van der Waals surface area contributed by atoms with Crippen molar-refractivity contribution in [2.75, 3.05) is 6.79 Å². The lowest BCUT2D eigenvalue weighted by molar-refractivity contribution is -0.122. The number of fused-ring (bicyclic) bond motifs is 1. The van der Waals surface area contributed by atoms with Crippen LogP contribution < -0.4 is 9.47 Å². The van der Waals surface area contributed by atoms with Crippen molar-refractivity contribution in [3.8, 4) is 11.5 Å². The molecule has 0 unspecified atom stereocenters. The van der Waals surface area contributed by atoms with E-state index in [0.717, 1.165) is 23.5 Å². The van der Waals surface area contributed by atoms with Gasteiger partial charge in [0.05, 0.1) is 17.6 Å². The van der Waals surface area contributed by atoms with Gasteiger partial charge in [-0.3, -0.25) is 14.7 Å². The largest absolute Gasteiger partial charge is 0.454 e. The molecule has 2 aliphatic heterocycles. The number of thiocarbonyl (C=S) groups is 1. The number of hydrogen-bond donors (Lipinski definition) is 0. The normalized spacial score (nSPS) is 17.6. The molecule has 1 amide bonds. The smallest absolute Gasteiger partial charge is 0.266 e. The van der Waals surface area contributed by atoms with E-state index in [1.54, 1.807) is 6.07 Å². The number of aromatic nitrogens is 1. The monoisotopic (exact) mass is 374 g/mol. The van der Waals surface area contributed by atoms with Crippen LogP contribution in [0, 0.1) is 5.82 Å². The van der Waals surface area contributed by atoms with Crippen molar-refractivity contribution in [1.82, 2.24) is 9.88 Å². The molecule has 1 saturated heterocycles. The molecule has 126 valence electrons. The zero-order valence-corrected chi connectivity index (χ0v) is 14.4. The van der Waals surface area contributed by atoms with Crippen LogP contribution in [0.1, 0.15) is 11.1 Å². The van der Waals surface area contributed by atoms with Gasteiger partial charge in [-0.25, -0.2) is 4.39 Å². The average molecular weight is 374 g/mol. The van der Waals surface area contributed by atoms with Crippen molar-refractivity contribution in [2.24, 2.45) is 0 Å². The van der Waals surface area contributed by atoms with Gasteiger partial charge < -0.3 is 9.47 Å². The minimum Gasteiger partial charge on any atom is -0.454 e. The molecule has 1 aromatic heterocycles. The van der Waals surface area contributed by atoms with Gasteiger partial charge in [0.2, 0.25) is 6.79 Å². The third-order valence-electron chi connectivity index (χ3n) is 3.74. The van der Waals surface area contributed by atoms with E-state index < -0.39 is 5.82 Å². The quantitative estimate of drug-likeness (QED) is 0.607. The number of rotatable bonds is 3. The average Bonchev–Trinajstić information content (AvgIpc) is 3.17. The standard InChI is InChI=1S/C17H11FN2O3S2/c18-12-7-19-4-3-11(12)6-15-16(21)20(17(24)25-15)8-10-1-2-13-14(5-10)23-9-22-13/h1-7H,8-9H2/b15-6-. The molecule has 1 fully saturated rings. The summed E-state index contributed by atoms with van der Waals surface area (Å²) in [4.78, 5) is 18.2. The van der Waals surface area contributed by atoms with Crippen molar-refractivity contribution < 1.29 is 18.7 Å². The van der Waals surface area contributed by atoms with Crippen LogP contribution in [0.2, 0.25) is 0 Å². The first kappa shape index (κ1) is 16.0. The van der Waals surface area contributed by atoms with Crippen molar-refractivity contribution in [1.29, 1.82) is 0 Å². The maximum Gasteiger partial charge on any atom is 0.266 e. The number of pyridine rings is 1. The minimum atomic E-state index is -0.483. The number of benzene rings is 1. The van der Waals surface area contributed by atoms with Crippen molar-refractivity contribution in [3.63, 3.8) is 0 Å². The molecule has 2 aliphatic rings. The molecule has 4 rings (SSSR count). The lowest BCUT2D eigenvalue weighted by Gasteiger charge is -2.14. The highest BCUT2D eigenvalue weighted by molar-refractivity contribution is 8.26. The van der Waals surface area contributed by atoms with Gasteiger partial charge in [-0.1, -0.05) is 30.0 Å². The molecule has 3 heterocycles.